The van der Waals surface area contributed by atoms with E-state index in [4.69, 9.17) is 28.0 Å². The Morgan fingerprint density at radius 3 is 2.14 bits per heavy atom. The van der Waals surface area contributed by atoms with Crippen molar-refractivity contribution in [2.24, 2.45) is 11.3 Å². The molecular formula is C32H43Cl2N3O5S2. The lowest BCUT2D eigenvalue weighted by Gasteiger charge is -2.53. The molecular weight excluding hydrogens is 641 g/mol. The molecule has 1 heterocycles. The molecule has 2 aromatic carbocycles. The van der Waals surface area contributed by atoms with Crippen molar-refractivity contribution in [1.82, 2.24) is 9.62 Å². The maximum absolute atomic E-state index is 14.8. The number of nitrogens with one attached hydrogen (secondary N) is 2. The molecule has 1 aliphatic carbocycles. The summed E-state index contributed by atoms with van der Waals surface area (Å²) < 4.78 is 49.9. The second-order valence-electron chi connectivity index (χ2n) is 13.5. The molecule has 44 heavy (non-hydrogen) atoms. The summed E-state index contributed by atoms with van der Waals surface area (Å²) >= 11 is 12.7. The summed E-state index contributed by atoms with van der Waals surface area (Å²) in [6.45, 7) is 10.5. The first-order valence-electron chi connectivity index (χ1n) is 14.9. The van der Waals surface area contributed by atoms with Crippen molar-refractivity contribution in [3.63, 3.8) is 0 Å². The average Bonchev–Trinajstić information content (AvgIpc) is 3.68. The number of halogens is 2. The Labute approximate surface area is 272 Å². The highest BCUT2D eigenvalue weighted by molar-refractivity contribution is 7.92. The first-order valence-corrected chi connectivity index (χ1v) is 19.0. The van der Waals surface area contributed by atoms with Gasteiger partial charge in [-0.2, -0.15) is 0 Å². The Hall–Kier alpha value is -2.14. The summed E-state index contributed by atoms with van der Waals surface area (Å²) in [4.78, 5) is 30.0. The molecule has 12 heteroatoms. The van der Waals surface area contributed by atoms with Gasteiger partial charge in [0.15, 0.2) is 9.84 Å². The van der Waals surface area contributed by atoms with Gasteiger partial charge in [0, 0.05) is 28.4 Å². The molecule has 0 bridgehead atoms. The third-order valence-electron chi connectivity index (χ3n) is 9.29. The number of rotatable bonds is 11. The number of likely N-dealkylation sites (tertiary alicyclic amines) is 1. The van der Waals surface area contributed by atoms with Crippen LogP contribution < -0.4 is 4.72 Å². The summed E-state index contributed by atoms with van der Waals surface area (Å²) in [6, 6.07) is 13.2. The van der Waals surface area contributed by atoms with E-state index in [1.165, 1.54) is 0 Å². The third kappa shape index (κ3) is 7.13. The molecule has 2 aliphatic rings. The molecule has 2 amide bonds. The van der Waals surface area contributed by atoms with Crippen LogP contribution in [0.2, 0.25) is 10.0 Å². The molecule has 2 fully saturated rings. The zero-order valence-electron chi connectivity index (χ0n) is 26.1. The Balaban J connectivity index is 1.88. The SMILES string of the molecule is CC(C)[C@@H](CS(=O)(=O)C(C)C)N1C(=O)[C@@](C)(CC(=O)NS(=N)(=O)C2(C)CC2)C[C@H](c2cccc(Cl)c2)[C@H]1c1ccc(Cl)cc1. The number of sulfone groups is 1. The first kappa shape index (κ1) is 34.7. The molecule has 0 aromatic heterocycles. The molecule has 4 rings (SSSR count). The predicted octanol–water partition coefficient (Wildman–Crippen LogP) is 6.93. The van der Waals surface area contributed by atoms with Crippen LogP contribution in [0.15, 0.2) is 48.5 Å². The Bertz CT molecular complexity index is 1620. The number of amides is 2. The first-order chi connectivity index (χ1) is 20.3. The van der Waals surface area contributed by atoms with Gasteiger partial charge in [-0.1, -0.05) is 68.2 Å². The molecule has 0 radical (unpaired) electrons. The highest BCUT2D eigenvalue weighted by atomic mass is 35.5. The van der Waals surface area contributed by atoms with Crippen molar-refractivity contribution >= 4 is 54.8 Å². The van der Waals surface area contributed by atoms with Gasteiger partial charge >= 0.3 is 0 Å². The summed E-state index contributed by atoms with van der Waals surface area (Å²) in [5, 5.41) is 0.386. The van der Waals surface area contributed by atoms with Crippen LogP contribution in [0, 0.1) is 16.1 Å². The number of hydrogen-bond acceptors (Lipinski definition) is 6. The lowest BCUT2D eigenvalue weighted by atomic mass is 9.66. The van der Waals surface area contributed by atoms with Crippen molar-refractivity contribution in [3.05, 3.63) is 69.7 Å². The van der Waals surface area contributed by atoms with Crippen LogP contribution in [0.1, 0.15) is 90.3 Å². The van der Waals surface area contributed by atoms with E-state index in [2.05, 4.69) is 4.72 Å². The van der Waals surface area contributed by atoms with Gasteiger partial charge in [-0.05, 0) is 81.3 Å². The van der Waals surface area contributed by atoms with Crippen molar-refractivity contribution in [2.75, 3.05) is 5.75 Å². The number of benzene rings is 2. The maximum Gasteiger partial charge on any atom is 0.233 e. The Morgan fingerprint density at radius 2 is 1.61 bits per heavy atom. The van der Waals surface area contributed by atoms with Gasteiger partial charge in [0.25, 0.3) is 0 Å². The highest BCUT2D eigenvalue weighted by Crippen LogP contribution is 2.53. The van der Waals surface area contributed by atoms with Crippen molar-refractivity contribution < 1.29 is 22.2 Å². The zero-order chi connectivity index (χ0) is 32.8. The molecule has 0 spiro atoms. The van der Waals surface area contributed by atoms with Gasteiger partial charge in [0.2, 0.25) is 11.8 Å². The van der Waals surface area contributed by atoms with E-state index in [9.17, 15) is 22.2 Å². The van der Waals surface area contributed by atoms with Crippen LogP contribution in [0.3, 0.4) is 0 Å². The Kier molecular flexibility index (Phi) is 9.92. The van der Waals surface area contributed by atoms with E-state index in [0.717, 1.165) is 11.1 Å². The predicted molar refractivity (Wildman–Crippen MR) is 177 cm³/mol. The van der Waals surface area contributed by atoms with Gasteiger partial charge < -0.3 is 4.90 Å². The van der Waals surface area contributed by atoms with Crippen LogP contribution in [0.25, 0.3) is 0 Å². The smallest absolute Gasteiger partial charge is 0.233 e. The number of nitrogens with zero attached hydrogens (tertiary/aromatic N) is 1. The quantitative estimate of drug-likeness (QED) is 0.266. The van der Waals surface area contributed by atoms with E-state index < -0.39 is 53.2 Å². The summed E-state index contributed by atoms with van der Waals surface area (Å²) in [5.74, 6) is -1.88. The van der Waals surface area contributed by atoms with E-state index in [1.54, 1.807) is 50.8 Å². The maximum atomic E-state index is 14.8. The summed E-state index contributed by atoms with van der Waals surface area (Å²) in [6.07, 6.45) is 1.10. The summed E-state index contributed by atoms with van der Waals surface area (Å²) in [5.41, 5.74) is 0.322. The lowest BCUT2D eigenvalue weighted by Crippen LogP contribution is -2.59. The van der Waals surface area contributed by atoms with E-state index >= 15 is 0 Å². The molecule has 242 valence electrons. The fraction of sp³-hybridized carbons (Fsp3) is 0.562. The monoisotopic (exact) mass is 683 g/mol. The van der Waals surface area contributed by atoms with Gasteiger partial charge in [-0.25, -0.2) is 17.4 Å². The number of piperidine rings is 1. The Morgan fingerprint density at radius 1 is 1.00 bits per heavy atom. The molecule has 1 saturated carbocycles. The number of carbonyl (C=O) groups is 2. The third-order valence-corrected chi connectivity index (χ3v) is 14.3. The van der Waals surface area contributed by atoms with Gasteiger partial charge in [-0.3, -0.25) is 14.3 Å². The van der Waals surface area contributed by atoms with Crippen LogP contribution in [-0.2, 0) is 29.3 Å². The lowest BCUT2D eigenvalue weighted by molar-refractivity contribution is -0.157. The summed E-state index contributed by atoms with van der Waals surface area (Å²) in [7, 11) is -7.01. The number of carbonyl (C=O) groups excluding carboxylic acids is 2. The topological polar surface area (TPSA) is 124 Å². The molecule has 1 saturated heterocycles. The van der Waals surface area contributed by atoms with Crippen molar-refractivity contribution in [2.45, 2.75) is 95.2 Å². The second-order valence-corrected chi connectivity index (χ2v) is 19.3. The fourth-order valence-electron chi connectivity index (χ4n) is 6.07. The van der Waals surface area contributed by atoms with E-state index in [-0.39, 0.29) is 36.3 Å². The minimum absolute atomic E-state index is 0.238. The molecule has 5 atom stereocenters. The molecule has 2 N–H and O–H groups in total. The van der Waals surface area contributed by atoms with E-state index in [0.29, 0.717) is 22.9 Å². The minimum atomic E-state index is -3.59. The minimum Gasteiger partial charge on any atom is -0.330 e. The van der Waals surface area contributed by atoms with Gasteiger partial charge in [0.05, 0.1) is 27.2 Å². The van der Waals surface area contributed by atoms with Gasteiger partial charge in [-0.15, -0.1) is 0 Å². The van der Waals surface area contributed by atoms with Gasteiger partial charge in [0.1, 0.15) is 9.92 Å². The second kappa shape index (κ2) is 12.6. The van der Waals surface area contributed by atoms with Crippen LogP contribution in [-0.4, -0.2) is 51.1 Å². The zero-order valence-corrected chi connectivity index (χ0v) is 29.2. The fourth-order valence-corrected chi connectivity index (χ4v) is 9.12. The largest absolute Gasteiger partial charge is 0.330 e. The number of hydrogen-bond donors (Lipinski definition) is 2. The molecule has 2 aromatic rings. The highest BCUT2D eigenvalue weighted by Gasteiger charge is 2.54. The standard InChI is InChI=1S/C32H43Cl2N3O5S2/c1-20(2)27(19-43(40,41)21(3)4)37-29(22-10-12-24(33)13-11-22)26(23-8-7-9-25(34)16-23)17-31(5,30(37)39)18-28(38)36-44(35,42)32(6)14-15-32/h7-13,16,20-21,26-27,29H,14-15,17-19H2,1-6H3,(H2,35,36,38,42)/t26-,27-,29-,31-,44?/m1/s1. The molecule has 1 aliphatic heterocycles. The van der Waals surface area contributed by atoms with Crippen LogP contribution in [0.5, 0.6) is 0 Å². The van der Waals surface area contributed by atoms with Crippen molar-refractivity contribution in [1.29, 1.82) is 4.78 Å². The molecule has 1 unspecified atom stereocenters. The average molecular weight is 685 g/mol. The van der Waals surface area contributed by atoms with E-state index in [1.807, 2.05) is 44.2 Å². The normalized spacial score (nSPS) is 25.5. The molecule has 8 nitrogen and oxygen atoms in total. The van der Waals surface area contributed by atoms with Crippen molar-refractivity contribution in [3.8, 4) is 0 Å². The van der Waals surface area contributed by atoms with Crippen LogP contribution in [0.4, 0.5) is 0 Å². The van der Waals surface area contributed by atoms with Crippen LogP contribution >= 0.6 is 23.2 Å².